The molecule has 4 aromatic rings. The summed E-state index contributed by atoms with van der Waals surface area (Å²) in [6.45, 7) is 10.2. The van der Waals surface area contributed by atoms with Crippen molar-refractivity contribution in [2.45, 2.75) is 141 Å². The monoisotopic (exact) mass is 1270 g/mol. The van der Waals surface area contributed by atoms with Gasteiger partial charge < -0.3 is 54.5 Å². The number of rotatable bonds is 25. The standard InChI is InChI=1S/C72H88N10O11/c1-45(2)67(77-65(83)17-12-9-13-26-80-66(84)36-50(70(80)87)33-47-15-10-7-8-11-16-47)69(86)75-46(3)68(85)76-53-22-18-48(19-23-53)51-34-55-41-73-59-39-63(61(90-5)37-57(59)71(88)81(55)43-51)92-31-14-32-93-64-40-60-58(38-62(64)91-6)72(89)82-44-52(35-56(82)42-74-60)49-20-24-54(25-21-49)79-29-27-78(4)28-30-79/h18-25,37-47,50,55-56,67H,7-17,26-36H2,1-6H3,(H,75,86)(H,76,85)(H,77,83)/t46-,50?,55-,56-,67?/m0/s1. The zero-order valence-corrected chi connectivity index (χ0v) is 54.5. The average Bonchev–Trinajstić information content (AvgIpc) is 1.69. The molecule has 93 heavy (non-hydrogen) atoms. The molecule has 2 saturated heterocycles. The lowest BCUT2D eigenvalue weighted by molar-refractivity contribution is -0.139. The van der Waals surface area contributed by atoms with Crippen LogP contribution in [0.5, 0.6) is 23.0 Å². The molecule has 0 radical (unpaired) electrons. The van der Waals surface area contributed by atoms with Gasteiger partial charge in [0.25, 0.3) is 11.8 Å². The van der Waals surface area contributed by atoms with E-state index in [1.807, 2.05) is 44.6 Å². The van der Waals surface area contributed by atoms with Crippen LogP contribution in [0.25, 0.3) is 11.1 Å². The van der Waals surface area contributed by atoms with Gasteiger partial charge in [-0.15, -0.1) is 0 Å². The topological polar surface area (TPSA) is 233 Å². The molecule has 0 spiro atoms. The Morgan fingerprint density at radius 1 is 0.624 bits per heavy atom. The predicted octanol–water partition coefficient (Wildman–Crippen LogP) is 10.1. The van der Waals surface area contributed by atoms with E-state index in [1.54, 1.807) is 66.4 Å². The third-order valence-corrected chi connectivity index (χ3v) is 19.1. The molecule has 6 aliphatic heterocycles. The van der Waals surface area contributed by atoms with E-state index in [9.17, 15) is 33.6 Å². The van der Waals surface area contributed by atoms with Crippen LogP contribution in [0.2, 0.25) is 0 Å². The summed E-state index contributed by atoms with van der Waals surface area (Å²) in [6.07, 6.45) is 19.2. The molecule has 11 rings (SSSR count). The normalized spacial score (nSPS) is 20.4. The molecule has 1 aliphatic carbocycles. The summed E-state index contributed by atoms with van der Waals surface area (Å²) in [5, 5.41) is 8.47. The van der Waals surface area contributed by atoms with E-state index in [2.05, 4.69) is 57.1 Å². The number of unbranched alkanes of at least 4 members (excludes halogenated alkanes) is 2. The van der Waals surface area contributed by atoms with Crippen molar-refractivity contribution in [3.63, 3.8) is 0 Å². The fourth-order valence-corrected chi connectivity index (χ4v) is 13.6. The van der Waals surface area contributed by atoms with Gasteiger partial charge >= 0.3 is 0 Å². The van der Waals surface area contributed by atoms with Crippen molar-refractivity contribution in [2.75, 3.05) is 77.4 Å². The quantitative estimate of drug-likeness (QED) is 0.0319. The first-order valence-corrected chi connectivity index (χ1v) is 33.3. The highest BCUT2D eigenvalue weighted by Gasteiger charge is 2.40. The van der Waals surface area contributed by atoms with E-state index in [4.69, 9.17) is 28.9 Å². The van der Waals surface area contributed by atoms with E-state index >= 15 is 0 Å². The van der Waals surface area contributed by atoms with Crippen LogP contribution in [0.1, 0.15) is 149 Å². The molecule has 2 unspecified atom stereocenters. The Morgan fingerprint density at radius 3 is 1.73 bits per heavy atom. The van der Waals surface area contributed by atoms with Gasteiger partial charge in [-0.25, -0.2) is 0 Å². The Bertz CT molecular complexity index is 3570. The number of ether oxygens (including phenoxy) is 4. The number of likely N-dealkylation sites (tertiary alicyclic amines) is 1. The smallest absolute Gasteiger partial charge is 0.260 e. The van der Waals surface area contributed by atoms with Crippen molar-refractivity contribution < 1.29 is 52.5 Å². The van der Waals surface area contributed by atoms with Crippen LogP contribution in [-0.2, 0) is 24.0 Å². The Hall–Kier alpha value is -8.85. The van der Waals surface area contributed by atoms with Gasteiger partial charge in [0, 0.05) is 119 Å². The highest BCUT2D eigenvalue weighted by molar-refractivity contribution is 6.07. The second-order valence-electron chi connectivity index (χ2n) is 26.0. The molecule has 21 nitrogen and oxygen atoms in total. The van der Waals surface area contributed by atoms with Crippen LogP contribution in [0.15, 0.2) is 95.2 Å². The molecule has 4 aromatic carbocycles. The van der Waals surface area contributed by atoms with Gasteiger partial charge in [0.1, 0.15) is 12.1 Å². The van der Waals surface area contributed by atoms with Crippen molar-refractivity contribution in [2.24, 2.45) is 27.7 Å². The number of amides is 7. The van der Waals surface area contributed by atoms with Gasteiger partial charge in [-0.3, -0.25) is 48.4 Å². The molecule has 3 N–H and O–H groups in total. The number of imide groups is 1. The molecular formula is C72H88N10O11. The number of carbonyl (C=O) groups excluding carboxylic acids is 7. The first-order chi connectivity index (χ1) is 45.0. The number of anilines is 2. The Kier molecular flexibility index (Phi) is 21.1. The number of fused-ring (bicyclic) bond motifs is 4. The Balaban J connectivity index is 0.614. The van der Waals surface area contributed by atoms with E-state index in [0.717, 1.165) is 67.7 Å². The molecule has 21 heteroatoms. The number of hydrogen-bond acceptors (Lipinski definition) is 15. The zero-order valence-electron chi connectivity index (χ0n) is 54.5. The number of nitrogens with zero attached hydrogens (tertiary/aromatic N) is 7. The number of piperazine rings is 1. The minimum Gasteiger partial charge on any atom is -0.493 e. The third kappa shape index (κ3) is 15.5. The van der Waals surface area contributed by atoms with E-state index in [-0.39, 0.29) is 73.1 Å². The minimum atomic E-state index is -0.923. The second-order valence-corrected chi connectivity index (χ2v) is 26.0. The lowest BCUT2D eigenvalue weighted by atomic mass is 9.88. The van der Waals surface area contributed by atoms with Crippen LogP contribution in [-0.4, -0.2) is 165 Å². The number of likely N-dealkylation sites (N-methyl/N-ethyl adjacent to an activating group) is 1. The maximum absolute atomic E-state index is 14.2. The van der Waals surface area contributed by atoms with Crippen molar-refractivity contribution in [1.82, 2.24) is 30.2 Å². The summed E-state index contributed by atoms with van der Waals surface area (Å²) in [5.41, 5.74) is 7.36. The summed E-state index contributed by atoms with van der Waals surface area (Å²) in [7, 11) is 5.21. The van der Waals surface area contributed by atoms with Crippen LogP contribution in [0.4, 0.5) is 22.7 Å². The van der Waals surface area contributed by atoms with E-state index in [1.165, 1.54) is 43.4 Å². The first-order valence-electron chi connectivity index (χ1n) is 33.3. The molecule has 492 valence electrons. The highest BCUT2D eigenvalue weighted by atomic mass is 16.5. The minimum absolute atomic E-state index is 0.0465. The molecule has 5 atom stereocenters. The molecule has 7 aliphatic rings. The molecule has 3 fully saturated rings. The lowest BCUT2D eigenvalue weighted by Crippen LogP contribution is -2.53. The number of carbonyl (C=O) groups is 7. The SMILES string of the molecule is COc1cc2c(cc1OCCCOc1cc3c(cc1OC)C(=O)N1C=C(c4ccc(N5CCN(C)CC5)cc4)C[C@H]1C=N3)N=C[C@@H]1CC(c3ccc(NC(=O)[C@H](C)NC(=O)C(NC(=O)CCCCCN4C(=O)CC(CC5CCCCCC5)C4=O)C(C)C)cc3)=CN1C2=O. The van der Waals surface area contributed by atoms with Crippen molar-refractivity contribution in [3.8, 4) is 23.0 Å². The van der Waals surface area contributed by atoms with Crippen molar-refractivity contribution >= 4 is 87.7 Å². The number of aliphatic imine (C=N–C) groups is 2. The molecule has 0 bridgehead atoms. The molecule has 6 heterocycles. The molecule has 0 aromatic heterocycles. The summed E-state index contributed by atoms with van der Waals surface area (Å²) in [6, 6.07) is 20.3. The molecule has 7 amide bonds. The van der Waals surface area contributed by atoms with Crippen LogP contribution in [0, 0.1) is 17.8 Å². The zero-order chi connectivity index (χ0) is 65.3. The fraction of sp³-hybridized carbons (Fsp3) is 0.486. The van der Waals surface area contributed by atoms with Gasteiger partial charge in [-0.05, 0) is 104 Å². The van der Waals surface area contributed by atoms with Crippen LogP contribution in [0.3, 0.4) is 0 Å². The number of nitrogens with one attached hydrogen (secondary N) is 3. The average molecular weight is 1270 g/mol. The third-order valence-electron chi connectivity index (χ3n) is 19.1. The largest absolute Gasteiger partial charge is 0.493 e. The molecule has 1 saturated carbocycles. The Morgan fingerprint density at radius 2 is 1.18 bits per heavy atom. The Labute approximate surface area is 545 Å². The van der Waals surface area contributed by atoms with Gasteiger partial charge in [0.2, 0.25) is 29.5 Å². The maximum atomic E-state index is 14.2. The first kappa shape index (κ1) is 65.6. The van der Waals surface area contributed by atoms with Crippen LogP contribution >= 0.6 is 0 Å². The predicted molar refractivity (Wildman–Crippen MR) is 358 cm³/mol. The number of methoxy groups -OCH3 is 2. The second kappa shape index (κ2) is 29.8. The highest BCUT2D eigenvalue weighted by Crippen LogP contribution is 2.43. The summed E-state index contributed by atoms with van der Waals surface area (Å²) < 4.78 is 23.9. The summed E-state index contributed by atoms with van der Waals surface area (Å²) in [4.78, 5) is 113. The molecular weight excluding hydrogens is 1180 g/mol. The van der Waals surface area contributed by atoms with Gasteiger partial charge in [0.15, 0.2) is 23.0 Å². The lowest BCUT2D eigenvalue weighted by Gasteiger charge is -2.34. The number of benzene rings is 4. The van der Waals surface area contributed by atoms with Crippen molar-refractivity contribution in [3.05, 3.63) is 107 Å². The van der Waals surface area contributed by atoms with Gasteiger partial charge in [-0.2, -0.15) is 0 Å². The van der Waals surface area contributed by atoms with E-state index < -0.39 is 23.9 Å². The number of hydrogen-bond donors (Lipinski definition) is 3. The maximum Gasteiger partial charge on any atom is 0.260 e. The van der Waals surface area contributed by atoms with Gasteiger partial charge in [-0.1, -0.05) is 83.1 Å². The summed E-state index contributed by atoms with van der Waals surface area (Å²) in [5.74, 6) is -0.0423. The van der Waals surface area contributed by atoms with Gasteiger partial charge in [0.05, 0.1) is 62.0 Å². The van der Waals surface area contributed by atoms with E-state index in [0.29, 0.717) is 109 Å². The van der Waals surface area contributed by atoms with Crippen LogP contribution < -0.4 is 39.8 Å². The van der Waals surface area contributed by atoms with Crippen molar-refractivity contribution in [1.29, 1.82) is 0 Å². The fourth-order valence-electron chi connectivity index (χ4n) is 13.6. The summed E-state index contributed by atoms with van der Waals surface area (Å²) >= 11 is 0.